The quantitative estimate of drug-likeness (QED) is 0.727. The summed E-state index contributed by atoms with van der Waals surface area (Å²) < 4.78 is 0. The molecule has 0 aromatic heterocycles. The highest BCUT2D eigenvalue weighted by molar-refractivity contribution is 4.93. The monoisotopic (exact) mass is 225 g/mol. The number of aliphatic hydroxyl groups excluding tert-OH is 1. The zero-order valence-corrected chi connectivity index (χ0v) is 10.7. The lowest BCUT2D eigenvalue weighted by molar-refractivity contribution is 0.0389. The fourth-order valence-corrected chi connectivity index (χ4v) is 3.69. The molecule has 16 heavy (non-hydrogen) atoms. The standard InChI is InChI=1S/C14H27NO/c1-2-3-4-6-13-9-8-12(11-16)14-7-5-10-15(13)14/h12-14,16H,2-11H2,1H3/t12-,13-,14+/m1/s1. The second-order valence-electron chi connectivity index (χ2n) is 5.62. The normalized spacial score (nSPS) is 35.2. The molecule has 3 atom stereocenters. The largest absolute Gasteiger partial charge is 0.396 e. The van der Waals surface area contributed by atoms with E-state index < -0.39 is 0 Å². The summed E-state index contributed by atoms with van der Waals surface area (Å²) in [6.07, 6.45) is 10.8. The number of rotatable bonds is 5. The van der Waals surface area contributed by atoms with Gasteiger partial charge in [0.15, 0.2) is 0 Å². The van der Waals surface area contributed by atoms with Crippen molar-refractivity contribution < 1.29 is 5.11 Å². The lowest BCUT2D eigenvalue weighted by Gasteiger charge is -2.42. The van der Waals surface area contributed by atoms with Crippen molar-refractivity contribution in [3.05, 3.63) is 0 Å². The van der Waals surface area contributed by atoms with E-state index in [0.717, 1.165) is 6.04 Å². The van der Waals surface area contributed by atoms with Crippen molar-refractivity contribution in [2.75, 3.05) is 13.2 Å². The summed E-state index contributed by atoms with van der Waals surface area (Å²) in [7, 11) is 0. The molecule has 1 N–H and O–H groups in total. The van der Waals surface area contributed by atoms with Crippen LogP contribution in [0.5, 0.6) is 0 Å². The lowest BCUT2D eigenvalue weighted by Crippen LogP contribution is -2.48. The van der Waals surface area contributed by atoms with E-state index in [1.807, 2.05) is 0 Å². The van der Waals surface area contributed by atoms with Crippen LogP contribution in [-0.4, -0.2) is 35.2 Å². The number of aliphatic hydroxyl groups is 1. The molecule has 2 heterocycles. The zero-order valence-electron chi connectivity index (χ0n) is 10.7. The second-order valence-corrected chi connectivity index (χ2v) is 5.62. The van der Waals surface area contributed by atoms with Crippen molar-refractivity contribution in [1.29, 1.82) is 0 Å². The summed E-state index contributed by atoms with van der Waals surface area (Å²) in [6, 6.07) is 1.55. The molecule has 0 spiro atoms. The topological polar surface area (TPSA) is 23.5 Å². The van der Waals surface area contributed by atoms with E-state index in [2.05, 4.69) is 11.8 Å². The van der Waals surface area contributed by atoms with Crippen molar-refractivity contribution in [3.8, 4) is 0 Å². The first-order valence-electron chi connectivity index (χ1n) is 7.23. The van der Waals surface area contributed by atoms with Gasteiger partial charge in [0, 0.05) is 18.7 Å². The summed E-state index contributed by atoms with van der Waals surface area (Å²) in [5.41, 5.74) is 0. The maximum atomic E-state index is 9.41. The second kappa shape index (κ2) is 6.02. The van der Waals surface area contributed by atoms with Gasteiger partial charge in [-0.15, -0.1) is 0 Å². The Kier molecular flexibility index (Phi) is 4.66. The van der Waals surface area contributed by atoms with E-state index in [0.29, 0.717) is 18.6 Å². The van der Waals surface area contributed by atoms with E-state index >= 15 is 0 Å². The summed E-state index contributed by atoms with van der Waals surface area (Å²) >= 11 is 0. The predicted octanol–water partition coefficient (Wildman–Crippen LogP) is 2.80. The molecule has 0 saturated carbocycles. The Bertz CT molecular complexity index is 205. The molecule has 2 heteroatoms. The van der Waals surface area contributed by atoms with Crippen LogP contribution in [0.1, 0.15) is 58.3 Å². The minimum absolute atomic E-state index is 0.406. The fraction of sp³-hybridized carbons (Fsp3) is 1.00. The lowest BCUT2D eigenvalue weighted by atomic mass is 9.85. The van der Waals surface area contributed by atoms with E-state index in [-0.39, 0.29) is 0 Å². The van der Waals surface area contributed by atoms with Gasteiger partial charge in [-0.1, -0.05) is 26.2 Å². The number of piperidine rings is 1. The third-order valence-electron chi connectivity index (χ3n) is 4.60. The highest BCUT2D eigenvalue weighted by Crippen LogP contribution is 2.36. The molecular weight excluding hydrogens is 198 g/mol. The highest BCUT2D eigenvalue weighted by Gasteiger charge is 2.38. The summed E-state index contributed by atoms with van der Waals surface area (Å²) in [6.45, 7) is 3.97. The number of hydrogen-bond donors (Lipinski definition) is 1. The third-order valence-corrected chi connectivity index (χ3v) is 4.60. The number of fused-ring (bicyclic) bond motifs is 1. The number of unbranched alkanes of at least 4 members (excludes halogenated alkanes) is 2. The molecule has 2 aliphatic heterocycles. The molecule has 2 fully saturated rings. The summed E-state index contributed by atoms with van der Waals surface area (Å²) in [5, 5.41) is 9.41. The smallest absolute Gasteiger partial charge is 0.0474 e. The SMILES string of the molecule is CCCCC[C@@H]1CC[C@H](CO)[C@@H]2CCCN12. The van der Waals surface area contributed by atoms with Crippen LogP contribution in [-0.2, 0) is 0 Å². The van der Waals surface area contributed by atoms with Crippen molar-refractivity contribution in [1.82, 2.24) is 4.90 Å². The van der Waals surface area contributed by atoms with Crippen LogP contribution in [0.2, 0.25) is 0 Å². The Labute approximate surface area is 100 Å². The van der Waals surface area contributed by atoms with Crippen molar-refractivity contribution in [2.24, 2.45) is 5.92 Å². The fourth-order valence-electron chi connectivity index (χ4n) is 3.69. The van der Waals surface area contributed by atoms with Crippen LogP contribution in [0.3, 0.4) is 0 Å². The van der Waals surface area contributed by atoms with Gasteiger partial charge in [0.25, 0.3) is 0 Å². The molecule has 2 nitrogen and oxygen atoms in total. The van der Waals surface area contributed by atoms with Crippen LogP contribution < -0.4 is 0 Å². The maximum Gasteiger partial charge on any atom is 0.0474 e. The minimum atomic E-state index is 0.406. The van der Waals surface area contributed by atoms with Crippen molar-refractivity contribution in [3.63, 3.8) is 0 Å². The van der Waals surface area contributed by atoms with Gasteiger partial charge < -0.3 is 5.11 Å². The van der Waals surface area contributed by atoms with Crippen LogP contribution in [0.15, 0.2) is 0 Å². The van der Waals surface area contributed by atoms with Gasteiger partial charge in [-0.2, -0.15) is 0 Å². The zero-order chi connectivity index (χ0) is 11.4. The molecule has 2 aliphatic rings. The van der Waals surface area contributed by atoms with Gasteiger partial charge in [-0.05, 0) is 44.6 Å². The van der Waals surface area contributed by atoms with Gasteiger partial charge in [-0.25, -0.2) is 0 Å². The predicted molar refractivity (Wildman–Crippen MR) is 67.5 cm³/mol. The van der Waals surface area contributed by atoms with Gasteiger partial charge in [0.2, 0.25) is 0 Å². The van der Waals surface area contributed by atoms with Crippen LogP contribution in [0.4, 0.5) is 0 Å². The van der Waals surface area contributed by atoms with E-state index in [9.17, 15) is 5.11 Å². The molecule has 2 rings (SSSR count). The average Bonchev–Trinajstić information content (AvgIpc) is 2.79. The molecule has 0 bridgehead atoms. The first-order chi connectivity index (χ1) is 7.86. The molecule has 0 radical (unpaired) electrons. The Hall–Kier alpha value is -0.0800. The molecule has 0 aliphatic carbocycles. The van der Waals surface area contributed by atoms with Gasteiger partial charge in [0.05, 0.1) is 0 Å². The van der Waals surface area contributed by atoms with Crippen molar-refractivity contribution in [2.45, 2.75) is 70.4 Å². The average molecular weight is 225 g/mol. The molecule has 0 amide bonds. The minimum Gasteiger partial charge on any atom is -0.396 e. The van der Waals surface area contributed by atoms with E-state index in [4.69, 9.17) is 0 Å². The summed E-state index contributed by atoms with van der Waals surface area (Å²) in [4.78, 5) is 2.72. The van der Waals surface area contributed by atoms with Gasteiger partial charge in [-0.3, -0.25) is 4.90 Å². The first-order valence-corrected chi connectivity index (χ1v) is 7.23. The van der Waals surface area contributed by atoms with Crippen LogP contribution in [0, 0.1) is 5.92 Å². The van der Waals surface area contributed by atoms with Crippen LogP contribution >= 0.6 is 0 Å². The van der Waals surface area contributed by atoms with Crippen molar-refractivity contribution >= 4 is 0 Å². The maximum absolute atomic E-state index is 9.41. The van der Waals surface area contributed by atoms with Gasteiger partial charge in [0.1, 0.15) is 0 Å². The Balaban J connectivity index is 1.86. The molecular formula is C14H27NO. The molecule has 0 aromatic carbocycles. The first kappa shape index (κ1) is 12.4. The molecule has 0 aromatic rings. The Morgan fingerprint density at radius 2 is 2.06 bits per heavy atom. The third kappa shape index (κ3) is 2.60. The molecule has 94 valence electrons. The molecule has 0 unspecified atom stereocenters. The van der Waals surface area contributed by atoms with E-state index in [1.165, 1.54) is 57.9 Å². The number of hydrogen-bond acceptors (Lipinski definition) is 2. The molecule has 2 saturated heterocycles. The van der Waals surface area contributed by atoms with Gasteiger partial charge >= 0.3 is 0 Å². The summed E-state index contributed by atoms with van der Waals surface area (Å²) in [5.74, 6) is 0.574. The number of nitrogens with zero attached hydrogens (tertiary/aromatic N) is 1. The highest BCUT2D eigenvalue weighted by atomic mass is 16.3. The Morgan fingerprint density at radius 1 is 1.19 bits per heavy atom. The van der Waals surface area contributed by atoms with E-state index in [1.54, 1.807) is 0 Å². The Morgan fingerprint density at radius 3 is 2.81 bits per heavy atom. The van der Waals surface area contributed by atoms with Crippen LogP contribution in [0.25, 0.3) is 0 Å².